The Morgan fingerprint density at radius 2 is 1.72 bits per heavy atom. The van der Waals surface area contributed by atoms with Crippen molar-refractivity contribution in [2.45, 2.75) is 25.4 Å². The van der Waals surface area contributed by atoms with E-state index in [4.69, 9.17) is 0 Å². The lowest BCUT2D eigenvalue weighted by Gasteiger charge is -2.38. The summed E-state index contributed by atoms with van der Waals surface area (Å²) in [6, 6.07) is 13.9. The Bertz CT molecular complexity index is 853. The molecule has 0 N–H and O–H groups in total. The number of nitrogens with zero attached hydrogens (tertiary/aromatic N) is 5. The monoisotopic (exact) mass is 333 g/mol. The lowest BCUT2D eigenvalue weighted by atomic mass is 10.1. The lowest BCUT2D eigenvalue weighted by molar-refractivity contribution is 0.0949. The fourth-order valence-corrected chi connectivity index (χ4v) is 4.29. The van der Waals surface area contributed by atoms with Gasteiger partial charge in [-0.3, -0.25) is 9.80 Å². The second-order valence-electron chi connectivity index (χ2n) is 7.24. The van der Waals surface area contributed by atoms with Gasteiger partial charge in [-0.1, -0.05) is 24.3 Å². The lowest BCUT2D eigenvalue weighted by Crippen LogP contribution is -2.50. The molecule has 0 saturated carbocycles. The van der Waals surface area contributed by atoms with E-state index in [1.54, 1.807) is 17.5 Å². The largest absolute Gasteiger partial charge is 0.297 e. The highest BCUT2D eigenvalue weighted by atomic mass is 15.3. The van der Waals surface area contributed by atoms with E-state index < -0.39 is 0 Å². The molecule has 1 aliphatic carbocycles. The van der Waals surface area contributed by atoms with Gasteiger partial charge >= 0.3 is 0 Å². The molecule has 0 atom stereocenters. The second-order valence-corrected chi connectivity index (χ2v) is 7.24. The molecule has 5 rings (SSSR count). The van der Waals surface area contributed by atoms with Gasteiger partial charge in [-0.15, -0.1) is 0 Å². The van der Waals surface area contributed by atoms with Gasteiger partial charge in [0.25, 0.3) is 0 Å². The van der Waals surface area contributed by atoms with Crippen LogP contribution in [0.1, 0.15) is 16.7 Å². The molecule has 3 aromatic rings. The first-order chi connectivity index (χ1) is 12.3. The Balaban J connectivity index is 1.19. The summed E-state index contributed by atoms with van der Waals surface area (Å²) in [7, 11) is 0. The van der Waals surface area contributed by atoms with Crippen molar-refractivity contribution >= 4 is 5.65 Å². The van der Waals surface area contributed by atoms with Crippen LogP contribution in [0.15, 0.2) is 48.9 Å². The number of aromatic nitrogens is 3. The molecular formula is C20H23N5. The van der Waals surface area contributed by atoms with Gasteiger partial charge in [0.1, 0.15) is 6.33 Å². The molecule has 1 aliphatic heterocycles. The van der Waals surface area contributed by atoms with E-state index in [2.05, 4.69) is 56.3 Å². The summed E-state index contributed by atoms with van der Waals surface area (Å²) < 4.78 is 1.82. The van der Waals surface area contributed by atoms with Crippen molar-refractivity contribution in [2.24, 2.45) is 0 Å². The smallest absolute Gasteiger partial charge is 0.155 e. The summed E-state index contributed by atoms with van der Waals surface area (Å²) in [6.45, 7) is 5.63. The zero-order valence-electron chi connectivity index (χ0n) is 14.4. The Morgan fingerprint density at radius 1 is 0.960 bits per heavy atom. The zero-order valence-corrected chi connectivity index (χ0v) is 14.4. The summed E-state index contributed by atoms with van der Waals surface area (Å²) in [5.74, 6) is 0. The zero-order chi connectivity index (χ0) is 16.6. The van der Waals surface area contributed by atoms with Crippen molar-refractivity contribution in [3.8, 4) is 0 Å². The number of rotatable bonds is 3. The fourth-order valence-electron chi connectivity index (χ4n) is 4.29. The van der Waals surface area contributed by atoms with Gasteiger partial charge in [0.05, 0.1) is 0 Å². The van der Waals surface area contributed by atoms with Crippen LogP contribution in [0.3, 0.4) is 0 Å². The molecule has 5 heteroatoms. The van der Waals surface area contributed by atoms with E-state index >= 15 is 0 Å². The normalized spacial score (nSPS) is 19.5. The maximum absolute atomic E-state index is 4.28. The van der Waals surface area contributed by atoms with Gasteiger partial charge in [-0.2, -0.15) is 5.10 Å². The number of hydrogen-bond acceptors (Lipinski definition) is 4. The van der Waals surface area contributed by atoms with Crippen molar-refractivity contribution in [1.29, 1.82) is 0 Å². The van der Waals surface area contributed by atoms with Gasteiger partial charge < -0.3 is 0 Å². The predicted molar refractivity (Wildman–Crippen MR) is 97.5 cm³/mol. The third-order valence-corrected chi connectivity index (χ3v) is 5.70. The first kappa shape index (κ1) is 15.0. The molecular weight excluding hydrogens is 310 g/mol. The first-order valence-corrected chi connectivity index (χ1v) is 9.17. The minimum Gasteiger partial charge on any atom is -0.297 e. The maximum Gasteiger partial charge on any atom is 0.155 e. The predicted octanol–water partition coefficient (Wildman–Crippen LogP) is 2.01. The highest BCUT2D eigenvalue weighted by Crippen LogP contribution is 2.26. The van der Waals surface area contributed by atoms with Crippen LogP contribution < -0.4 is 0 Å². The minimum absolute atomic E-state index is 0.701. The second kappa shape index (κ2) is 6.24. The molecule has 128 valence electrons. The van der Waals surface area contributed by atoms with Crippen molar-refractivity contribution in [3.05, 3.63) is 65.6 Å². The molecule has 0 bridgehead atoms. The SMILES string of the molecule is c1ccc2c(c1)CC(N1CCN(Cc3ccn4ncnc4c3)CC1)C2. The molecule has 1 saturated heterocycles. The van der Waals surface area contributed by atoms with Gasteiger partial charge in [0, 0.05) is 45.0 Å². The van der Waals surface area contributed by atoms with Crippen molar-refractivity contribution < 1.29 is 0 Å². The molecule has 0 unspecified atom stereocenters. The summed E-state index contributed by atoms with van der Waals surface area (Å²) in [6.07, 6.45) is 6.06. The van der Waals surface area contributed by atoms with Crippen molar-refractivity contribution in [2.75, 3.05) is 26.2 Å². The molecule has 1 aromatic carbocycles. The minimum atomic E-state index is 0.701. The van der Waals surface area contributed by atoms with Gasteiger partial charge in [0.15, 0.2) is 5.65 Å². The van der Waals surface area contributed by atoms with E-state index in [1.165, 1.54) is 31.5 Å². The van der Waals surface area contributed by atoms with Gasteiger partial charge in [0.2, 0.25) is 0 Å². The van der Waals surface area contributed by atoms with Crippen LogP contribution in [0.2, 0.25) is 0 Å². The summed E-state index contributed by atoms with van der Waals surface area (Å²) in [5, 5.41) is 4.16. The first-order valence-electron chi connectivity index (χ1n) is 9.17. The highest BCUT2D eigenvalue weighted by Gasteiger charge is 2.28. The molecule has 1 fully saturated rings. The number of hydrogen-bond donors (Lipinski definition) is 0. The van der Waals surface area contributed by atoms with Crippen LogP contribution in [0.4, 0.5) is 0 Å². The Morgan fingerprint density at radius 3 is 2.48 bits per heavy atom. The van der Waals surface area contributed by atoms with Gasteiger partial charge in [-0.05, 0) is 41.7 Å². The molecule has 25 heavy (non-hydrogen) atoms. The third-order valence-electron chi connectivity index (χ3n) is 5.70. The molecule has 0 radical (unpaired) electrons. The quantitative estimate of drug-likeness (QED) is 0.735. The Labute approximate surface area is 147 Å². The Hall–Kier alpha value is -2.24. The van der Waals surface area contributed by atoms with E-state index in [1.807, 2.05) is 10.7 Å². The number of benzene rings is 1. The van der Waals surface area contributed by atoms with E-state index in [-0.39, 0.29) is 0 Å². The molecule has 3 heterocycles. The average Bonchev–Trinajstić information content (AvgIpc) is 3.28. The molecule has 2 aliphatic rings. The fraction of sp³-hybridized carbons (Fsp3) is 0.400. The van der Waals surface area contributed by atoms with Crippen LogP contribution >= 0.6 is 0 Å². The summed E-state index contributed by atoms with van der Waals surface area (Å²) >= 11 is 0. The average molecular weight is 333 g/mol. The van der Waals surface area contributed by atoms with Crippen LogP contribution in [0.25, 0.3) is 5.65 Å². The van der Waals surface area contributed by atoms with E-state index in [9.17, 15) is 0 Å². The number of pyridine rings is 1. The third kappa shape index (κ3) is 2.94. The molecule has 2 aromatic heterocycles. The molecule has 0 spiro atoms. The van der Waals surface area contributed by atoms with Crippen molar-refractivity contribution in [3.63, 3.8) is 0 Å². The van der Waals surface area contributed by atoms with Crippen LogP contribution in [0, 0.1) is 0 Å². The standard InChI is InChI=1S/C20H23N5/c1-2-4-18-13-19(12-17(18)3-1)24-9-7-23(8-10-24)14-16-5-6-25-20(11-16)21-15-22-25/h1-6,11,15,19H,7-10,12-14H2. The maximum atomic E-state index is 4.28. The van der Waals surface area contributed by atoms with E-state index in [0.29, 0.717) is 6.04 Å². The van der Waals surface area contributed by atoms with Crippen LogP contribution in [-0.2, 0) is 19.4 Å². The number of fused-ring (bicyclic) bond motifs is 2. The van der Waals surface area contributed by atoms with Gasteiger partial charge in [-0.25, -0.2) is 9.50 Å². The number of piperazine rings is 1. The van der Waals surface area contributed by atoms with Crippen LogP contribution in [-0.4, -0.2) is 56.6 Å². The molecule has 0 amide bonds. The Kier molecular flexibility index (Phi) is 3.76. The highest BCUT2D eigenvalue weighted by molar-refractivity contribution is 5.39. The van der Waals surface area contributed by atoms with Crippen molar-refractivity contribution in [1.82, 2.24) is 24.4 Å². The molecule has 5 nitrogen and oxygen atoms in total. The topological polar surface area (TPSA) is 36.7 Å². The van der Waals surface area contributed by atoms with E-state index in [0.717, 1.165) is 25.3 Å². The van der Waals surface area contributed by atoms with Crippen LogP contribution in [0.5, 0.6) is 0 Å². The summed E-state index contributed by atoms with van der Waals surface area (Å²) in [5.41, 5.74) is 5.36. The summed E-state index contributed by atoms with van der Waals surface area (Å²) in [4.78, 5) is 9.53.